The van der Waals surface area contributed by atoms with E-state index in [1.54, 1.807) is 18.2 Å². The quantitative estimate of drug-likeness (QED) is 0.543. The number of hydrogen-bond acceptors (Lipinski definition) is 4. The van der Waals surface area contributed by atoms with Gasteiger partial charge in [0.2, 0.25) is 0 Å². The zero-order chi connectivity index (χ0) is 23.4. The molecular weight excluding hydrogens is 466 g/mol. The third-order valence-corrected chi connectivity index (χ3v) is 7.39. The molecule has 0 aromatic heterocycles. The van der Waals surface area contributed by atoms with E-state index in [1.165, 1.54) is 6.07 Å². The summed E-state index contributed by atoms with van der Waals surface area (Å²) in [6.45, 7) is 5.53. The Kier molecular flexibility index (Phi) is 8.12. The molecule has 2 aromatic rings. The van der Waals surface area contributed by atoms with Crippen LogP contribution >= 0.6 is 23.2 Å². The first-order valence-electron chi connectivity index (χ1n) is 11.5. The number of likely N-dealkylation sites (tertiary alicyclic amines) is 2. The van der Waals surface area contributed by atoms with Crippen molar-refractivity contribution in [2.24, 2.45) is 5.92 Å². The topological polar surface area (TPSA) is 53.0 Å². The zero-order valence-electron chi connectivity index (χ0n) is 18.5. The predicted octanol–water partition coefficient (Wildman–Crippen LogP) is 5.59. The van der Waals surface area contributed by atoms with Crippen molar-refractivity contribution in [2.75, 3.05) is 32.7 Å². The minimum absolute atomic E-state index is 0.0584. The second kappa shape index (κ2) is 11.0. The Morgan fingerprint density at radius 2 is 1.67 bits per heavy atom. The Hall–Kier alpha value is -1.86. The van der Waals surface area contributed by atoms with Gasteiger partial charge in [-0.1, -0.05) is 29.3 Å². The molecule has 0 bridgehead atoms. The van der Waals surface area contributed by atoms with Crippen LogP contribution in [0.25, 0.3) is 0 Å². The number of aromatic carboxylic acids is 1. The van der Waals surface area contributed by atoms with Crippen molar-refractivity contribution in [2.45, 2.75) is 38.3 Å². The lowest BCUT2D eigenvalue weighted by Gasteiger charge is -2.37. The molecule has 0 saturated carbocycles. The van der Waals surface area contributed by atoms with Crippen LogP contribution in [0.15, 0.2) is 36.4 Å². The molecule has 0 amide bonds. The summed E-state index contributed by atoms with van der Waals surface area (Å²) in [6.07, 6.45) is 4.34. The van der Waals surface area contributed by atoms with Crippen LogP contribution in [0.3, 0.4) is 0 Å². The predicted molar refractivity (Wildman–Crippen MR) is 128 cm³/mol. The first-order chi connectivity index (χ1) is 15.9. The Morgan fingerprint density at radius 1 is 0.970 bits per heavy atom. The molecular formula is C25H29Cl2FN2O3. The number of carboxylic acid groups (broad SMARTS) is 1. The number of piperidine rings is 2. The van der Waals surface area contributed by atoms with E-state index in [1.807, 2.05) is 6.07 Å². The molecule has 0 aliphatic carbocycles. The molecule has 0 unspecified atom stereocenters. The van der Waals surface area contributed by atoms with Crippen LogP contribution in [0.4, 0.5) is 4.39 Å². The van der Waals surface area contributed by atoms with E-state index in [0.29, 0.717) is 28.1 Å². The Balaban J connectivity index is 1.19. The summed E-state index contributed by atoms with van der Waals surface area (Å²) in [6, 6.07) is 9.44. The average Bonchev–Trinajstić information content (AvgIpc) is 2.80. The minimum Gasteiger partial charge on any atom is -0.490 e. The van der Waals surface area contributed by atoms with Gasteiger partial charge in [0.1, 0.15) is 17.7 Å². The van der Waals surface area contributed by atoms with Gasteiger partial charge in [-0.3, -0.25) is 4.90 Å². The van der Waals surface area contributed by atoms with Crippen LogP contribution in [0.1, 0.15) is 41.6 Å². The number of nitrogens with zero attached hydrogens (tertiary/aromatic N) is 2. The van der Waals surface area contributed by atoms with Crippen molar-refractivity contribution in [3.05, 3.63) is 63.4 Å². The fraction of sp³-hybridized carbons (Fsp3) is 0.480. The third-order valence-electron chi connectivity index (χ3n) is 6.65. The summed E-state index contributed by atoms with van der Waals surface area (Å²) in [5.41, 5.74) is 0.731. The highest BCUT2D eigenvalue weighted by Gasteiger charge is 2.26. The van der Waals surface area contributed by atoms with E-state index in [0.717, 1.165) is 70.2 Å². The van der Waals surface area contributed by atoms with Crippen LogP contribution in [0.2, 0.25) is 10.0 Å². The van der Waals surface area contributed by atoms with Gasteiger partial charge >= 0.3 is 5.97 Å². The summed E-state index contributed by atoms with van der Waals surface area (Å²) in [7, 11) is 0. The number of benzene rings is 2. The maximum absolute atomic E-state index is 13.4. The lowest BCUT2D eigenvalue weighted by molar-refractivity contribution is 0.0691. The SMILES string of the molecule is O=C(O)c1cc(F)ccc1CN1CCC(CN2CCC(Oc3ccc(Cl)c(Cl)c3)CC2)CC1. The lowest BCUT2D eigenvalue weighted by Crippen LogP contribution is -2.43. The van der Waals surface area contributed by atoms with Gasteiger partial charge in [0.15, 0.2) is 0 Å². The molecule has 0 atom stereocenters. The lowest BCUT2D eigenvalue weighted by atomic mass is 9.94. The Morgan fingerprint density at radius 3 is 2.33 bits per heavy atom. The number of halogens is 3. The van der Waals surface area contributed by atoms with Crippen LogP contribution in [-0.4, -0.2) is 59.7 Å². The van der Waals surface area contributed by atoms with E-state index in [-0.39, 0.29) is 11.7 Å². The standard InChI is InChI=1S/C25H29Cl2FN2O3/c26-23-4-3-21(14-24(23)27)33-20-7-11-29(12-8-20)15-17-5-9-30(10-6-17)16-18-1-2-19(28)13-22(18)25(31)32/h1-4,13-14,17,20H,5-12,15-16H2,(H,31,32). The number of ether oxygens (including phenoxy) is 1. The van der Waals surface area contributed by atoms with Crippen molar-refractivity contribution >= 4 is 29.2 Å². The fourth-order valence-electron chi connectivity index (χ4n) is 4.77. The molecule has 2 aliphatic rings. The largest absolute Gasteiger partial charge is 0.490 e. The summed E-state index contributed by atoms with van der Waals surface area (Å²) in [5.74, 6) is -0.185. The molecule has 2 heterocycles. The third kappa shape index (κ3) is 6.60. The molecule has 0 spiro atoms. The van der Waals surface area contributed by atoms with Crippen molar-refractivity contribution < 1.29 is 19.0 Å². The van der Waals surface area contributed by atoms with Gasteiger partial charge in [0, 0.05) is 32.2 Å². The van der Waals surface area contributed by atoms with Gasteiger partial charge in [-0.25, -0.2) is 9.18 Å². The highest BCUT2D eigenvalue weighted by Crippen LogP contribution is 2.29. The minimum atomic E-state index is -1.08. The molecule has 33 heavy (non-hydrogen) atoms. The first kappa shape index (κ1) is 24.3. The van der Waals surface area contributed by atoms with Gasteiger partial charge < -0.3 is 14.7 Å². The zero-order valence-corrected chi connectivity index (χ0v) is 20.0. The molecule has 2 aliphatic heterocycles. The monoisotopic (exact) mass is 494 g/mol. The van der Waals surface area contributed by atoms with E-state index < -0.39 is 11.8 Å². The summed E-state index contributed by atoms with van der Waals surface area (Å²) < 4.78 is 19.5. The fourth-order valence-corrected chi connectivity index (χ4v) is 5.06. The maximum atomic E-state index is 13.4. The van der Waals surface area contributed by atoms with Crippen molar-refractivity contribution in [1.82, 2.24) is 9.80 Å². The molecule has 178 valence electrons. The molecule has 2 fully saturated rings. The van der Waals surface area contributed by atoms with E-state index in [2.05, 4.69) is 9.80 Å². The van der Waals surface area contributed by atoms with Crippen molar-refractivity contribution in [3.8, 4) is 5.75 Å². The summed E-state index contributed by atoms with van der Waals surface area (Å²) >= 11 is 12.1. The molecule has 0 radical (unpaired) electrons. The summed E-state index contributed by atoms with van der Waals surface area (Å²) in [5, 5.41) is 10.4. The Labute approximate surface area is 204 Å². The number of carbonyl (C=O) groups is 1. The van der Waals surface area contributed by atoms with Gasteiger partial charge in [0.05, 0.1) is 15.6 Å². The highest BCUT2D eigenvalue weighted by atomic mass is 35.5. The van der Waals surface area contributed by atoms with E-state index in [4.69, 9.17) is 27.9 Å². The van der Waals surface area contributed by atoms with Gasteiger partial charge in [-0.05, 0) is 74.5 Å². The molecule has 8 heteroatoms. The molecule has 1 N–H and O–H groups in total. The normalized spacial score (nSPS) is 19.0. The van der Waals surface area contributed by atoms with Gasteiger partial charge in [-0.2, -0.15) is 0 Å². The molecule has 2 aromatic carbocycles. The molecule has 2 saturated heterocycles. The van der Waals surface area contributed by atoms with Gasteiger partial charge in [-0.15, -0.1) is 0 Å². The van der Waals surface area contributed by atoms with Crippen LogP contribution in [0.5, 0.6) is 5.75 Å². The number of rotatable bonds is 7. The molecule has 4 rings (SSSR count). The highest BCUT2D eigenvalue weighted by molar-refractivity contribution is 6.42. The second-order valence-electron chi connectivity index (χ2n) is 9.02. The maximum Gasteiger partial charge on any atom is 0.336 e. The average molecular weight is 495 g/mol. The second-order valence-corrected chi connectivity index (χ2v) is 9.83. The van der Waals surface area contributed by atoms with Crippen LogP contribution in [0, 0.1) is 11.7 Å². The molecule has 5 nitrogen and oxygen atoms in total. The van der Waals surface area contributed by atoms with Crippen LogP contribution < -0.4 is 4.74 Å². The number of hydrogen-bond donors (Lipinski definition) is 1. The van der Waals surface area contributed by atoms with Crippen molar-refractivity contribution in [3.63, 3.8) is 0 Å². The number of carboxylic acids is 1. The van der Waals surface area contributed by atoms with E-state index in [9.17, 15) is 14.3 Å². The van der Waals surface area contributed by atoms with Crippen molar-refractivity contribution in [1.29, 1.82) is 0 Å². The van der Waals surface area contributed by atoms with E-state index >= 15 is 0 Å². The van der Waals surface area contributed by atoms with Gasteiger partial charge in [0.25, 0.3) is 0 Å². The first-order valence-corrected chi connectivity index (χ1v) is 12.2. The summed E-state index contributed by atoms with van der Waals surface area (Å²) in [4.78, 5) is 16.2. The smallest absolute Gasteiger partial charge is 0.336 e. The Bertz CT molecular complexity index is 974. The van der Waals surface area contributed by atoms with Crippen LogP contribution in [-0.2, 0) is 6.54 Å².